The molecular formula is C24H26N2O2Si. The van der Waals surface area contributed by atoms with Gasteiger partial charge in [-0.25, -0.2) is 0 Å². The largest absolute Gasteiger partial charge is 0.378 e. The van der Waals surface area contributed by atoms with Crippen LogP contribution in [-0.2, 0) is 0 Å². The number of anilines is 1. The zero-order valence-corrected chi connectivity index (χ0v) is 17.8. The van der Waals surface area contributed by atoms with Crippen LogP contribution in [0.25, 0.3) is 0 Å². The topological polar surface area (TPSA) is 55.2 Å². The third-order valence-electron chi connectivity index (χ3n) is 6.07. The summed E-state index contributed by atoms with van der Waals surface area (Å²) in [6.07, 6.45) is 0.998. The molecule has 4 rings (SSSR count). The van der Waals surface area contributed by atoms with Gasteiger partial charge in [-0.15, -0.1) is 0 Å². The molecule has 1 aliphatic heterocycles. The van der Waals surface area contributed by atoms with Gasteiger partial charge in [0.2, 0.25) is 0 Å². The highest BCUT2D eigenvalue weighted by molar-refractivity contribution is 6.89. The molecule has 29 heavy (non-hydrogen) atoms. The Hall–Kier alpha value is -2.92. The number of nitro benzene ring substituents is 1. The summed E-state index contributed by atoms with van der Waals surface area (Å²) in [6, 6.07) is 27.8. The van der Waals surface area contributed by atoms with Crippen molar-refractivity contribution in [2.45, 2.75) is 37.5 Å². The molecule has 3 aromatic carbocycles. The van der Waals surface area contributed by atoms with Crippen LogP contribution in [0.4, 0.5) is 11.4 Å². The summed E-state index contributed by atoms with van der Waals surface area (Å²) >= 11 is 0. The number of hydrogen-bond acceptors (Lipinski definition) is 3. The van der Waals surface area contributed by atoms with Crippen LogP contribution >= 0.6 is 0 Å². The van der Waals surface area contributed by atoms with Crippen LogP contribution in [0.1, 0.15) is 29.5 Å². The first kappa shape index (κ1) is 19.4. The van der Waals surface area contributed by atoms with Gasteiger partial charge in [0.1, 0.15) is 0 Å². The van der Waals surface area contributed by atoms with Gasteiger partial charge in [-0.3, -0.25) is 10.1 Å². The van der Waals surface area contributed by atoms with Gasteiger partial charge in [0.15, 0.2) is 0 Å². The first-order chi connectivity index (χ1) is 13.9. The summed E-state index contributed by atoms with van der Waals surface area (Å²) in [5.74, 6) is 0.467. The van der Waals surface area contributed by atoms with E-state index in [0.717, 1.165) is 12.0 Å². The average molecular weight is 403 g/mol. The van der Waals surface area contributed by atoms with Crippen LogP contribution in [0.3, 0.4) is 0 Å². The van der Waals surface area contributed by atoms with E-state index in [1.165, 1.54) is 22.5 Å². The van der Waals surface area contributed by atoms with Crippen molar-refractivity contribution in [3.05, 3.63) is 100 Å². The van der Waals surface area contributed by atoms with Crippen molar-refractivity contribution in [2.75, 3.05) is 5.32 Å². The first-order valence-corrected chi connectivity index (χ1v) is 13.3. The average Bonchev–Trinajstić information content (AvgIpc) is 2.74. The maximum Gasteiger partial charge on any atom is 0.269 e. The molecule has 0 aliphatic carbocycles. The van der Waals surface area contributed by atoms with Crippen molar-refractivity contribution >= 4 is 24.6 Å². The van der Waals surface area contributed by atoms with Crippen LogP contribution < -0.4 is 10.5 Å². The molecule has 5 heteroatoms. The van der Waals surface area contributed by atoms with Gasteiger partial charge in [0.25, 0.3) is 5.69 Å². The molecule has 0 aromatic heterocycles. The highest BCUT2D eigenvalue weighted by atomic mass is 28.3. The number of benzene rings is 3. The molecule has 1 N–H and O–H groups in total. The van der Waals surface area contributed by atoms with Crippen molar-refractivity contribution in [1.29, 1.82) is 0 Å². The van der Waals surface area contributed by atoms with Gasteiger partial charge in [-0.2, -0.15) is 0 Å². The van der Waals surface area contributed by atoms with Gasteiger partial charge >= 0.3 is 0 Å². The predicted octanol–water partition coefficient (Wildman–Crippen LogP) is 5.85. The van der Waals surface area contributed by atoms with Crippen LogP contribution in [0, 0.1) is 10.1 Å². The molecular weight excluding hydrogens is 376 g/mol. The Morgan fingerprint density at radius 3 is 2.31 bits per heavy atom. The predicted molar refractivity (Wildman–Crippen MR) is 122 cm³/mol. The number of rotatable bonds is 5. The molecule has 3 aromatic rings. The Morgan fingerprint density at radius 2 is 1.62 bits per heavy atom. The summed E-state index contributed by atoms with van der Waals surface area (Å²) in [5, 5.41) is 16.1. The Bertz CT molecular complexity index is 1000. The molecule has 0 amide bonds. The summed E-state index contributed by atoms with van der Waals surface area (Å²) < 4.78 is 0. The van der Waals surface area contributed by atoms with Crippen LogP contribution in [0.5, 0.6) is 0 Å². The third-order valence-corrected chi connectivity index (χ3v) is 9.48. The van der Waals surface area contributed by atoms with E-state index in [2.05, 4.69) is 73.0 Å². The number of non-ortho nitro benzene ring substituents is 1. The van der Waals surface area contributed by atoms with E-state index in [9.17, 15) is 10.1 Å². The van der Waals surface area contributed by atoms with Crippen molar-refractivity contribution in [3.63, 3.8) is 0 Å². The van der Waals surface area contributed by atoms with Crippen LogP contribution in [0.2, 0.25) is 19.1 Å². The van der Waals surface area contributed by atoms with Gasteiger partial charge in [-0.1, -0.05) is 78.9 Å². The highest BCUT2D eigenvalue weighted by Crippen LogP contribution is 2.44. The molecule has 2 atom stereocenters. The lowest BCUT2D eigenvalue weighted by Crippen LogP contribution is -2.43. The molecule has 1 aliphatic rings. The first-order valence-electron chi connectivity index (χ1n) is 10.1. The fourth-order valence-electron chi connectivity index (χ4n) is 4.51. The van der Waals surface area contributed by atoms with E-state index in [4.69, 9.17) is 0 Å². The molecule has 0 saturated carbocycles. The van der Waals surface area contributed by atoms with Gasteiger partial charge in [-0.05, 0) is 35.6 Å². The van der Waals surface area contributed by atoms with Gasteiger partial charge in [0, 0.05) is 17.8 Å². The minimum atomic E-state index is -1.61. The molecule has 0 fully saturated rings. The number of para-hydroxylation sites is 1. The molecule has 0 spiro atoms. The van der Waals surface area contributed by atoms with Crippen LogP contribution in [0.15, 0.2) is 78.9 Å². The van der Waals surface area contributed by atoms with Crippen molar-refractivity contribution in [1.82, 2.24) is 0 Å². The highest BCUT2D eigenvalue weighted by Gasteiger charge is 2.33. The number of hydrogen-bond donors (Lipinski definition) is 1. The lowest BCUT2D eigenvalue weighted by Gasteiger charge is -2.37. The maximum atomic E-state index is 11.0. The Morgan fingerprint density at radius 1 is 0.966 bits per heavy atom. The second-order valence-electron chi connectivity index (χ2n) is 8.52. The monoisotopic (exact) mass is 402 g/mol. The SMILES string of the molecule is C[Si](C)(C[C@@H]1C[C@H](c2ccc([N+](=O)[O-])cc2)Nc2ccccc21)c1ccccc1. The number of nitrogens with one attached hydrogen (secondary N) is 1. The van der Waals surface area contributed by atoms with Crippen molar-refractivity contribution in [3.8, 4) is 0 Å². The van der Waals surface area contributed by atoms with E-state index in [1.807, 2.05) is 12.1 Å². The summed E-state index contributed by atoms with van der Waals surface area (Å²) in [4.78, 5) is 10.6. The van der Waals surface area contributed by atoms with Crippen molar-refractivity contribution in [2.24, 2.45) is 0 Å². The molecule has 0 radical (unpaired) electrons. The zero-order valence-electron chi connectivity index (χ0n) is 16.8. The number of fused-ring (bicyclic) bond motifs is 1. The van der Waals surface area contributed by atoms with Crippen molar-refractivity contribution < 1.29 is 4.92 Å². The lowest BCUT2D eigenvalue weighted by atomic mass is 9.85. The van der Waals surface area contributed by atoms with E-state index in [-0.39, 0.29) is 16.7 Å². The Labute approximate surface area is 172 Å². The Balaban J connectivity index is 1.63. The van der Waals surface area contributed by atoms with Crippen LogP contribution in [-0.4, -0.2) is 13.0 Å². The summed E-state index contributed by atoms with van der Waals surface area (Å²) in [6.45, 7) is 4.90. The minimum Gasteiger partial charge on any atom is -0.378 e. The fraction of sp³-hybridized carbons (Fsp3) is 0.250. The quantitative estimate of drug-likeness (QED) is 0.331. The standard InChI is InChI=1S/C24H26N2O2Si/c1-29(2,21-8-4-3-5-9-21)17-19-16-24(25-23-11-7-6-10-22(19)23)18-12-14-20(15-13-18)26(27)28/h3-15,19,24-25H,16-17H2,1-2H3/t19-,24+/m0/s1. The second kappa shape index (κ2) is 7.83. The summed E-state index contributed by atoms with van der Waals surface area (Å²) in [7, 11) is -1.61. The zero-order chi connectivity index (χ0) is 20.4. The van der Waals surface area contributed by atoms with Gasteiger partial charge in [0.05, 0.1) is 19.0 Å². The Kier molecular flexibility index (Phi) is 5.24. The van der Waals surface area contributed by atoms with E-state index < -0.39 is 8.07 Å². The van der Waals surface area contributed by atoms with Gasteiger partial charge < -0.3 is 5.32 Å². The number of nitro groups is 1. The fourth-order valence-corrected chi connectivity index (χ4v) is 7.46. The normalized spacial score (nSPS) is 18.6. The molecule has 4 nitrogen and oxygen atoms in total. The maximum absolute atomic E-state index is 11.0. The molecule has 0 bridgehead atoms. The third kappa shape index (κ3) is 4.10. The van der Waals surface area contributed by atoms with E-state index >= 15 is 0 Å². The number of nitrogens with zero attached hydrogens (tertiary/aromatic N) is 1. The molecule has 0 unspecified atom stereocenters. The summed E-state index contributed by atoms with van der Waals surface area (Å²) in [5.41, 5.74) is 3.82. The second-order valence-corrected chi connectivity index (χ2v) is 13.3. The lowest BCUT2D eigenvalue weighted by molar-refractivity contribution is -0.384. The molecule has 148 valence electrons. The van der Waals surface area contributed by atoms with E-state index in [0.29, 0.717) is 5.92 Å². The van der Waals surface area contributed by atoms with E-state index in [1.54, 1.807) is 12.1 Å². The molecule has 0 saturated heterocycles. The molecule has 1 heterocycles. The smallest absolute Gasteiger partial charge is 0.269 e. The minimum absolute atomic E-state index is 0.138.